The zero-order valence-corrected chi connectivity index (χ0v) is 17.1. The molecule has 1 unspecified atom stereocenters. The molecule has 0 heterocycles. The van der Waals surface area contributed by atoms with Crippen LogP contribution in [0.4, 0.5) is 17.1 Å². The number of hydrogen-bond acceptors (Lipinski definition) is 5. The Kier molecular flexibility index (Phi) is 8.97. The molecule has 0 aromatic heterocycles. The van der Waals surface area contributed by atoms with Gasteiger partial charge in [-0.05, 0) is 38.1 Å². The number of benzene rings is 2. The Labute approximate surface area is 169 Å². The molecular formula is C19H24ClN3O3S. The maximum Gasteiger partial charge on any atom is 0.237 e. The fourth-order valence-electron chi connectivity index (χ4n) is 2.12. The van der Waals surface area contributed by atoms with Gasteiger partial charge < -0.3 is 21.1 Å². The number of nitrogens with one attached hydrogen (secondary N) is 2. The molecule has 4 N–H and O–H groups in total. The lowest BCUT2D eigenvalue weighted by Gasteiger charge is -2.14. The number of thioether (sulfide) groups is 1. The Bertz CT molecular complexity index is 784. The fraction of sp³-hybridized carbons (Fsp3) is 0.263. The molecule has 0 bridgehead atoms. The Balaban J connectivity index is 0.00000364. The van der Waals surface area contributed by atoms with E-state index in [1.54, 1.807) is 32.2 Å². The number of aryl methyl sites for hydroxylation is 1. The number of amides is 2. The summed E-state index contributed by atoms with van der Waals surface area (Å²) in [4.78, 5) is 24.3. The molecule has 6 nitrogen and oxygen atoms in total. The van der Waals surface area contributed by atoms with E-state index in [4.69, 9.17) is 10.5 Å². The van der Waals surface area contributed by atoms with E-state index >= 15 is 0 Å². The monoisotopic (exact) mass is 409 g/mol. The van der Waals surface area contributed by atoms with Gasteiger partial charge in [-0.1, -0.05) is 17.7 Å². The predicted molar refractivity (Wildman–Crippen MR) is 115 cm³/mol. The number of ether oxygens (including phenoxy) is 1. The van der Waals surface area contributed by atoms with Crippen LogP contribution in [0.15, 0.2) is 42.5 Å². The molecule has 2 aromatic carbocycles. The summed E-state index contributed by atoms with van der Waals surface area (Å²) in [6, 6.07) is 12.6. The predicted octanol–water partition coefficient (Wildman–Crippen LogP) is 3.71. The highest BCUT2D eigenvalue weighted by Crippen LogP contribution is 2.25. The number of anilines is 3. The number of nitrogens with two attached hydrogens (primary N) is 1. The molecule has 0 radical (unpaired) electrons. The van der Waals surface area contributed by atoms with Crippen LogP contribution in [-0.2, 0) is 9.59 Å². The number of nitrogen functional groups attached to an aromatic ring is 1. The van der Waals surface area contributed by atoms with Crippen molar-refractivity contribution in [1.29, 1.82) is 0 Å². The standard InChI is InChI=1S/C19H23N3O3S.ClH/c1-12-4-6-14(7-5-12)21-18(23)11-26-13(2)19(24)22-17-10-15(25-3)8-9-16(17)20;/h4-10,13H,11,20H2,1-3H3,(H,21,23)(H,22,24);1H. The fourth-order valence-corrected chi connectivity index (χ4v) is 2.80. The molecule has 0 fully saturated rings. The first kappa shape index (κ1) is 22.7. The molecule has 1 atom stereocenters. The van der Waals surface area contributed by atoms with Gasteiger partial charge in [-0.15, -0.1) is 24.2 Å². The quantitative estimate of drug-likeness (QED) is 0.606. The molecule has 0 spiro atoms. The van der Waals surface area contributed by atoms with Crippen molar-refractivity contribution >= 4 is 53.0 Å². The maximum absolute atomic E-state index is 12.3. The summed E-state index contributed by atoms with van der Waals surface area (Å²) in [7, 11) is 1.54. The van der Waals surface area contributed by atoms with E-state index in [0.717, 1.165) is 11.3 Å². The van der Waals surface area contributed by atoms with Crippen LogP contribution < -0.4 is 21.1 Å². The smallest absolute Gasteiger partial charge is 0.237 e. The number of rotatable bonds is 7. The van der Waals surface area contributed by atoms with Gasteiger partial charge in [0, 0.05) is 11.8 Å². The van der Waals surface area contributed by atoms with Crippen molar-refractivity contribution in [2.24, 2.45) is 0 Å². The highest BCUT2D eigenvalue weighted by Gasteiger charge is 2.17. The van der Waals surface area contributed by atoms with E-state index in [2.05, 4.69) is 10.6 Å². The first-order chi connectivity index (χ1) is 12.4. The van der Waals surface area contributed by atoms with Crippen molar-refractivity contribution in [1.82, 2.24) is 0 Å². The Morgan fingerprint density at radius 2 is 1.81 bits per heavy atom. The second-order valence-electron chi connectivity index (χ2n) is 5.81. The van der Waals surface area contributed by atoms with Crippen molar-refractivity contribution in [2.75, 3.05) is 29.2 Å². The minimum Gasteiger partial charge on any atom is -0.497 e. The highest BCUT2D eigenvalue weighted by atomic mass is 35.5. The molecule has 0 aliphatic carbocycles. The number of hydrogen-bond donors (Lipinski definition) is 3. The molecule has 0 saturated carbocycles. The average molecular weight is 410 g/mol. The summed E-state index contributed by atoms with van der Waals surface area (Å²) < 4.78 is 5.13. The third-order valence-electron chi connectivity index (χ3n) is 3.69. The van der Waals surface area contributed by atoms with E-state index in [-0.39, 0.29) is 30.0 Å². The molecule has 0 aliphatic heterocycles. The average Bonchev–Trinajstić information content (AvgIpc) is 2.63. The highest BCUT2D eigenvalue weighted by molar-refractivity contribution is 8.01. The van der Waals surface area contributed by atoms with Gasteiger partial charge in [-0.2, -0.15) is 0 Å². The lowest BCUT2D eigenvalue weighted by molar-refractivity contribution is -0.115. The molecule has 27 heavy (non-hydrogen) atoms. The van der Waals surface area contributed by atoms with Crippen molar-refractivity contribution in [2.45, 2.75) is 19.1 Å². The normalized spacial score (nSPS) is 11.1. The van der Waals surface area contributed by atoms with Crippen molar-refractivity contribution in [3.05, 3.63) is 48.0 Å². The van der Waals surface area contributed by atoms with Gasteiger partial charge in [0.05, 0.1) is 29.5 Å². The van der Waals surface area contributed by atoms with Crippen LogP contribution in [0.5, 0.6) is 5.75 Å². The van der Waals surface area contributed by atoms with Gasteiger partial charge >= 0.3 is 0 Å². The summed E-state index contributed by atoms with van der Waals surface area (Å²) in [5.41, 5.74) is 8.68. The van der Waals surface area contributed by atoms with Crippen LogP contribution in [-0.4, -0.2) is 29.9 Å². The zero-order valence-electron chi connectivity index (χ0n) is 15.4. The van der Waals surface area contributed by atoms with E-state index < -0.39 is 5.25 Å². The van der Waals surface area contributed by atoms with Crippen LogP contribution in [0.1, 0.15) is 12.5 Å². The van der Waals surface area contributed by atoms with Gasteiger partial charge in [0.15, 0.2) is 0 Å². The molecule has 0 saturated heterocycles. The summed E-state index contributed by atoms with van der Waals surface area (Å²) in [5, 5.41) is 5.16. The first-order valence-electron chi connectivity index (χ1n) is 8.11. The molecule has 2 rings (SSSR count). The first-order valence-corrected chi connectivity index (χ1v) is 9.16. The largest absolute Gasteiger partial charge is 0.497 e. The summed E-state index contributed by atoms with van der Waals surface area (Å²) >= 11 is 1.25. The van der Waals surface area contributed by atoms with Crippen molar-refractivity contribution in [3.8, 4) is 5.75 Å². The van der Waals surface area contributed by atoms with Crippen LogP contribution >= 0.6 is 24.2 Å². The SMILES string of the molecule is COc1ccc(N)c(NC(=O)C(C)SCC(=O)Nc2ccc(C)cc2)c1.Cl. The van der Waals surface area contributed by atoms with Crippen LogP contribution in [0.2, 0.25) is 0 Å². The molecule has 0 aliphatic rings. The number of halogens is 1. The molecule has 2 aromatic rings. The molecular weight excluding hydrogens is 386 g/mol. The van der Waals surface area contributed by atoms with Gasteiger partial charge in [0.25, 0.3) is 0 Å². The van der Waals surface area contributed by atoms with E-state index in [1.165, 1.54) is 11.8 Å². The Morgan fingerprint density at radius 1 is 1.15 bits per heavy atom. The third-order valence-corrected chi connectivity index (χ3v) is 4.83. The molecule has 2 amide bonds. The van der Waals surface area contributed by atoms with Gasteiger partial charge in [-0.25, -0.2) is 0 Å². The van der Waals surface area contributed by atoms with Crippen LogP contribution in [0, 0.1) is 6.92 Å². The zero-order chi connectivity index (χ0) is 19.1. The van der Waals surface area contributed by atoms with Crippen LogP contribution in [0.25, 0.3) is 0 Å². The van der Waals surface area contributed by atoms with Gasteiger partial charge in [0.2, 0.25) is 11.8 Å². The minimum atomic E-state index is -0.413. The second kappa shape index (κ2) is 10.7. The number of carbonyl (C=O) groups is 2. The van der Waals surface area contributed by atoms with Crippen LogP contribution in [0.3, 0.4) is 0 Å². The Morgan fingerprint density at radius 3 is 2.44 bits per heavy atom. The van der Waals surface area contributed by atoms with Gasteiger partial charge in [-0.3, -0.25) is 9.59 Å². The minimum absolute atomic E-state index is 0. The molecule has 146 valence electrons. The van der Waals surface area contributed by atoms with Crippen molar-refractivity contribution in [3.63, 3.8) is 0 Å². The van der Waals surface area contributed by atoms with E-state index in [0.29, 0.717) is 17.1 Å². The summed E-state index contributed by atoms with van der Waals surface area (Å²) in [6.45, 7) is 3.73. The molecule has 8 heteroatoms. The summed E-state index contributed by atoms with van der Waals surface area (Å²) in [5.74, 6) is 0.403. The number of carbonyl (C=O) groups excluding carboxylic acids is 2. The summed E-state index contributed by atoms with van der Waals surface area (Å²) in [6.07, 6.45) is 0. The topological polar surface area (TPSA) is 93.4 Å². The van der Waals surface area contributed by atoms with Crippen molar-refractivity contribution < 1.29 is 14.3 Å². The van der Waals surface area contributed by atoms with E-state index in [9.17, 15) is 9.59 Å². The second-order valence-corrected chi connectivity index (χ2v) is 7.14. The third kappa shape index (κ3) is 7.03. The number of methoxy groups -OCH3 is 1. The lowest BCUT2D eigenvalue weighted by atomic mass is 10.2. The Hall–Kier alpha value is -2.38. The lowest BCUT2D eigenvalue weighted by Crippen LogP contribution is -2.25. The van der Waals surface area contributed by atoms with Gasteiger partial charge in [0.1, 0.15) is 5.75 Å². The maximum atomic E-state index is 12.3. The van der Waals surface area contributed by atoms with E-state index in [1.807, 2.05) is 31.2 Å².